The molecule has 5 heterocycles. The molecule has 2 aliphatic heterocycles. The molecule has 18 heteroatoms. The zero-order chi connectivity index (χ0) is 47.8. The zero-order valence-corrected chi connectivity index (χ0v) is 40.7. The number of hydrogen-bond donors (Lipinski definition) is 5. The Hall–Kier alpha value is -5.46. The van der Waals surface area contributed by atoms with Crippen LogP contribution in [0.1, 0.15) is 115 Å². The summed E-state index contributed by atoms with van der Waals surface area (Å²) in [5.74, 6) is -0.172. The highest BCUT2D eigenvalue weighted by Gasteiger charge is 2.44. The van der Waals surface area contributed by atoms with Gasteiger partial charge in [-0.3, -0.25) is 28.9 Å². The molecule has 5 amide bonds. The maximum Gasteiger partial charge on any atom is 0.246 e. The van der Waals surface area contributed by atoms with Gasteiger partial charge in [0.2, 0.25) is 29.5 Å². The van der Waals surface area contributed by atoms with E-state index in [4.69, 9.17) is 0 Å². The molecule has 7 rings (SSSR count). The lowest BCUT2D eigenvalue weighted by atomic mass is 9.85. The van der Waals surface area contributed by atoms with Gasteiger partial charge in [0.05, 0.1) is 22.2 Å². The Labute approximate surface area is 397 Å². The minimum absolute atomic E-state index is 0.0172. The number of fused-ring (bicyclic) bond motifs is 1. The molecule has 0 radical (unpaired) electrons. The lowest BCUT2D eigenvalue weighted by molar-refractivity contribution is -0.144. The third-order valence-corrected chi connectivity index (χ3v) is 14.5. The van der Waals surface area contributed by atoms with Crippen molar-refractivity contribution in [3.8, 4) is 10.4 Å². The Morgan fingerprint density at radius 1 is 0.896 bits per heavy atom. The van der Waals surface area contributed by atoms with Crippen LogP contribution in [0.3, 0.4) is 0 Å². The number of thiazole rings is 1. The number of carbonyl (C=O) groups is 5. The third-order valence-electron chi connectivity index (χ3n) is 13.5. The molecule has 67 heavy (non-hydrogen) atoms. The standard InChI is InChI=1S/C49H69N11O6S/c1-31(2)38-19-21-60-43(38)46(52-29-54-60)55-35-13-15-36(16-14-35)57-22-24-58(25-23-57)42(64)18-17-40(62)50-20-7-8-41(63)56-45(49(4,5)6)48(66)59-28-37(61)26-39(59)47(65)51-27-33-9-11-34(12-10-33)44-32(3)53-30-67-44/h9-12,19,21,29-31,35-37,39,45,61H,7-8,13-18,20,22-28H2,1-6H3,(H,50,62)(H,51,65)(H,56,63)(H,52,54,55)/t35?,36?,37-,39+,45-/m1/s1. The molecule has 5 N–H and O–H groups in total. The lowest BCUT2D eigenvalue weighted by Gasteiger charge is -2.42. The number of rotatable bonds is 17. The Kier molecular flexibility index (Phi) is 16.3. The molecule has 0 bridgehead atoms. The number of nitrogens with one attached hydrogen (secondary N) is 4. The molecule has 362 valence electrons. The van der Waals surface area contributed by atoms with E-state index in [2.05, 4.69) is 61.1 Å². The number of aromatic nitrogens is 4. The smallest absolute Gasteiger partial charge is 0.246 e. The van der Waals surface area contributed by atoms with E-state index in [-0.39, 0.29) is 68.9 Å². The van der Waals surface area contributed by atoms with Gasteiger partial charge in [0.25, 0.3) is 0 Å². The number of carbonyl (C=O) groups excluding carboxylic acids is 5. The van der Waals surface area contributed by atoms with Gasteiger partial charge >= 0.3 is 0 Å². The van der Waals surface area contributed by atoms with Gasteiger partial charge in [0.15, 0.2) is 5.82 Å². The quantitative estimate of drug-likeness (QED) is 0.0923. The van der Waals surface area contributed by atoms with Gasteiger partial charge in [0.1, 0.15) is 23.9 Å². The zero-order valence-electron chi connectivity index (χ0n) is 39.9. The molecule has 3 atom stereocenters. The molecule has 1 aromatic carbocycles. The van der Waals surface area contributed by atoms with Crippen LogP contribution in [0.2, 0.25) is 0 Å². The summed E-state index contributed by atoms with van der Waals surface area (Å²) >= 11 is 1.57. The van der Waals surface area contributed by atoms with Crippen LogP contribution >= 0.6 is 11.3 Å². The van der Waals surface area contributed by atoms with Crippen LogP contribution in [0.5, 0.6) is 0 Å². The second kappa shape index (κ2) is 22.1. The number of likely N-dealkylation sites (tertiary alicyclic amines) is 1. The van der Waals surface area contributed by atoms with Crippen molar-refractivity contribution < 1.29 is 29.1 Å². The van der Waals surface area contributed by atoms with Crippen molar-refractivity contribution in [3.63, 3.8) is 0 Å². The molecular weight excluding hydrogens is 871 g/mol. The van der Waals surface area contributed by atoms with Crippen LogP contribution < -0.4 is 21.3 Å². The topological polar surface area (TPSA) is 206 Å². The number of hydrogen-bond acceptors (Lipinski definition) is 12. The first-order valence-corrected chi connectivity index (χ1v) is 24.9. The Bertz CT molecular complexity index is 2340. The van der Waals surface area contributed by atoms with Crippen molar-refractivity contribution in [1.82, 2.24) is 50.2 Å². The van der Waals surface area contributed by atoms with E-state index >= 15 is 0 Å². The second-order valence-corrected chi connectivity index (χ2v) is 20.6. The molecule has 3 aliphatic rings. The van der Waals surface area contributed by atoms with Crippen molar-refractivity contribution in [2.45, 2.75) is 142 Å². The predicted molar refractivity (Wildman–Crippen MR) is 258 cm³/mol. The molecule has 0 spiro atoms. The Morgan fingerprint density at radius 2 is 1.63 bits per heavy atom. The first-order chi connectivity index (χ1) is 32.0. The number of aliphatic hydroxyl groups is 1. The van der Waals surface area contributed by atoms with Crippen LogP contribution in [-0.4, -0.2) is 138 Å². The van der Waals surface area contributed by atoms with Gasteiger partial charge in [-0.1, -0.05) is 58.9 Å². The Balaban J connectivity index is 0.779. The van der Waals surface area contributed by atoms with Crippen molar-refractivity contribution in [2.24, 2.45) is 5.41 Å². The molecular formula is C49H69N11O6S. The summed E-state index contributed by atoms with van der Waals surface area (Å²) in [4.78, 5) is 82.2. The number of β-amino-alcohol motifs (C(OH)–C–C–N with tert-alkyl or cyclic N) is 1. The van der Waals surface area contributed by atoms with Gasteiger partial charge in [-0.25, -0.2) is 14.5 Å². The van der Waals surface area contributed by atoms with Gasteiger partial charge < -0.3 is 36.2 Å². The van der Waals surface area contributed by atoms with Crippen LogP contribution in [0.15, 0.2) is 48.4 Å². The van der Waals surface area contributed by atoms with Crippen molar-refractivity contribution in [3.05, 3.63) is 65.2 Å². The van der Waals surface area contributed by atoms with Crippen LogP contribution in [0, 0.1) is 12.3 Å². The van der Waals surface area contributed by atoms with Crippen molar-refractivity contribution in [2.75, 3.05) is 44.6 Å². The summed E-state index contributed by atoms with van der Waals surface area (Å²) in [7, 11) is 0. The summed E-state index contributed by atoms with van der Waals surface area (Å²) in [5, 5.41) is 27.3. The largest absolute Gasteiger partial charge is 0.391 e. The summed E-state index contributed by atoms with van der Waals surface area (Å²) in [6.45, 7) is 15.3. The summed E-state index contributed by atoms with van der Waals surface area (Å²) in [6.07, 6.45) is 7.68. The number of aryl methyl sites for hydroxylation is 1. The normalized spacial score (nSPS) is 20.8. The van der Waals surface area contributed by atoms with Gasteiger partial charge in [-0.05, 0) is 73.1 Å². The fraction of sp³-hybridized carbons (Fsp3) is 0.592. The van der Waals surface area contributed by atoms with Gasteiger partial charge in [0, 0.05) is 89.8 Å². The third kappa shape index (κ3) is 12.6. The van der Waals surface area contributed by atoms with Crippen LogP contribution in [0.4, 0.5) is 5.82 Å². The molecule has 4 aromatic rings. The monoisotopic (exact) mass is 940 g/mol. The van der Waals surface area contributed by atoms with Gasteiger partial charge in [-0.15, -0.1) is 11.3 Å². The van der Waals surface area contributed by atoms with Crippen LogP contribution in [-0.2, 0) is 30.5 Å². The number of amides is 5. The van der Waals surface area contributed by atoms with E-state index in [0.717, 1.165) is 71.8 Å². The summed E-state index contributed by atoms with van der Waals surface area (Å²) in [6, 6.07) is 8.98. The van der Waals surface area contributed by atoms with E-state index in [1.165, 1.54) is 10.5 Å². The van der Waals surface area contributed by atoms with Crippen molar-refractivity contribution in [1.29, 1.82) is 0 Å². The lowest BCUT2D eigenvalue weighted by Crippen LogP contribution is -2.57. The minimum atomic E-state index is -0.950. The Morgan fingerprint density at radius 3 is 2.30 bits per heavy atom. The maximum absolute atomic E-state index is 14.0. The highest BCUT2D eigenvalue weighted by molar-refractivity contribution is 7.13. The molecule has 1 aliphatic carbocycles. The molecule has 3 aromatic heterocycles. The average molecular weight is 940 g/mol. The first kappa shape index (κ1) is 49.4. The number of benzene rings is 1. The van der Waals surface area contributed by atoms with Gasteiger partial charge in [-0.2, -0.15) is 5.10 Å². The van der Waals surface area contributed by atoms with E-state index in [1.807, 2.05) is 73.1 Å². The van der Waals surface area contributed by atoms with E-state index in [0.29, 0.717) is 37.5 Å². The van der Waals surface area contributed by atoms with E-state index < -0.39 is 29.5 Å². The van der Waals surface area contributed by atoms with E-state index in [9.17, 15) is 29.1 Å². The van der Waals surface area contributed by atoms with Crippen LogP contribution in [0.25, 0.3) is 16.0 Å². The fourth-order valence-electron chi connectivity index (χ4n) is 9.62. The maximum atomic E-state index is 14.0. The first-order valence-electron chi connectivity index (χ1n) is 24.0. The SMILES string of the molecule is Cc1ncsc1-c1ccc(CNC(=O)[C@@H]2C[C@@H](O)CN2C(=O)[C@@H](NC(=O)CCCNC(=O)CCC(=O)N2CCN(C3CCC(Nc4ncnn5ccc(C(C)C)c45)CC3)CC2)C(C)(C)C)cc1. The number of aliphatic hydroxyl groups excluding tert-OH is 1. The fourth-order valence-corrected chi connectivity index (χ4v) is 10.4. The highest BCUT2D eigenvalue weighted by Crippen LogP contribution is 2.31. The minimum Gasteiger partial charge on any atom is -0.391 e. The molecule has 1 saturated carbocycles. The van der Waals surface area contributed by atoms with Crippen molar-refractivity contribution >= 4 is 52.2 Å². The molecule has 3 fully saturated rings. The number of piperazine rings is 1. The predicted octanol–water partition coefficient (Wildman–Crippen LogP) is 4.64. The summed E-state index contributed by atoms with van der Waals surface area (Å²) in [5.41, 5.74) is 6.31. The number of nitrogens with zero attached hydrogens (tertiary/aromatic N) is 7. The molecule has 0 unspecified atom stereocenters. The average Bonchev–Trinajstić information content (AvgIpc) is 4.06. The molecule has 2 saturated heterocycles. The second-order valence-electron chi connectivity index (χ2n) is 19.8. The van der Waals surface area contributed by atoms with E-state index in [1.54, 1.807) is 17.7 Å². The number of anilines is 1. The highest BCUT2D eigenvalue weighted by atomic mass is 32.1. The molecule has 17 nitrogen and oxygen atoms in total. The summed E-state index contributed by atoms with van der Waals surface area (Å²) < 4.78 is 1.90.